The second-order valence-electron chi connectivity index (χ2n) is 5.07. The van der Waals surface area contributed by atoms with Crippen molar-refractivity contribution in [1.29, 1.82) is 0 Å². The van der Waals surface area contributed by atoms with Crippen LogP contribution in [0.2, 0.25) is 0 Å². The molecule has 2 rings (SSSR count). The molecule has 0 aliphatic heterocycles. The lowest BCUT2D eigenvalue weighted by atomic mass is 9.95. The number of hydrogen-bond acceptors (Lipinski definition) is 1. The van der Waals surface area contributed by atoms with Crippen molar-refractivity contribution >= 4 is 0 Å². The molecule has 0 heterocycles. The summed E-state index contributed by atoms with van der Waals surface area (Å²) < 4.78 is 13.1. The standard InChI is InChI=1S/C17H20FN/c1-12-5-3-4-6-14(12)7-10-17(19)16-9-8-15(18)11-13(16)2/h3-6,8-9,11,17H,7,10,19H2,1-2H3. The van der Waals surface area contributed by atoms with E-state index in [0.29, 0.717) is 0 Å². The highest BCUT2D eigenvalue weighted by molar-refractivity contribution is 5.30. The third kappa shape index (κ3) is 3.42. The second kappa shape index (κ2) is 5.98. The van der Waals surface area contributed by atoms with Crippen LogP contribution in [-0.4, -0.2) is 0 Å². The predicted octanol–water partition coefficient (Wildman–Crippen LogP) is 4.08. The van der Waals surface area contributed by atoms with Gasteiger partial charge in [0.15, 0.2) is 0 Å². The minimum Gasteiger partial charge on any atom is -0.324 e. The molecular formula is C17H20FN. The Bertz CT molecular complexity index is 563. The molecule has 0 fully saturated rings. The fraction of sp³-hybridized carbons (Fsp3) is 0.294. The molecule has 1 atom stereocenters. The SMILES string of the molecule is Cc1ccccc1CCC(N)c1ccc(F)cc1C. The van der Waals surface area contributed by atoms with Gasteiger partial charge in [0.05, 0.1) is 0 Å². The van der Waals surface area contributed by atoms with Crippen LogP contribution in [-0.2, 0) is 6.42 Å². The average molecular weight is 257 g/mol. The van der Waals surface area contributed by atoms with Crippen LogP contribution in [0.25, 0.3) is 0 Å². The molecule has 0 saturated carbocycles. The minimum absolute atomic E-state index is 0.0415. The molecule has 0 aromatic heterocycles. The molecule has 0 saturated heterocycles. The zero-order chi connectivity index (χ0) is 13.8. The van der Waals surface area contributed by atoms with E-state index in [1.54, 1.807) is 12.1 Å². The van der Waals surface area contributed by atoms with Crippen molar-refractivity contribution in [3.8, 4) is 0 Å². The lowest BCUT2D eigenvalue weighted by molar-refractivity contribution is 0.615. The molecule has 2 aromatic rings. The van der Waals surface area contributed by atoms with E-state index in [9.17, 15) is 4.39 Å². The van der Waals surface area contributed by atoms with Gasteiger partial charge in [-0.2, -0.15) is 0 Å². The van der Waals surface area contributed by atoms with E-state index >= 15 is 0 Å². The Morgan fingerprint density at radius 2 is 1.79 bits per heavy atom. The van der Waals surface area contributed by atoms with Gasteiger partial charge in [0.25, 0.3) is 0 Å². The van der Waals surface area contributed by atoms with Gasteiger partial charge in [-0.05, 0) is 61.1 Å². The zero-order valence-corrected chi connectivity index (χ0v) is 11.5. The predicted molar refractivity (Wildman–Crippen MR) is 77.6 cm³/mol. The Kier molecular flexibility index (Phi) is 4.33. The van der Waals surface area contributed by atoms with E-state index in [4.69, 9.17) is 5.73 Å². The molecule has 1 nitrogen and oxygen atoms in total. The summed E-state index contributed by atoms with van der Waals surface area (Å²) in [5.41, 5.74) is 10.8. The van der Waals surface area contributed by atoms with E-state index in [1.165, 1.54) is 17.2 Å². The molecule has 0 bridgehead atoms. The van der Waals surface area contributed by atoms with Crippen molar-refractivity contribution in [2.45, 2.75) is 32.7 Å². The van der Waals surface area contributed by atoms with E-state index < -0.39 is 0 Å². The van der Waals surface area contributed by atoms with Gasteiger partial charge in [0.1, 0.15) is 5.82 Å². The Hall–Kier alpha value is -1.67. The first-order valence-corrected chi connectivity index (χ1v) is 6.64. The highest BCUT2D eigenvalue weighted by Crippen LogP contribution is 2.22. The van der Waals surface area contributed by atoms with E-state index in [0.717, 1.165) is 24.0 Å². The number of hydrogen-bond donors (Lipinski definition) is 1. The zero-order valence-electron chi connectivity index (χ0n) is 11.5. The average Bonchev–Trinajstić information content (AvgIpc) is 2.37. The van der Waals surface area contributed by atoms with Crippen LogP contribution in [0.15, 0.2) is 42.5 Å². The second-order valence-corrected chi connectivity index (χ2v) is 5.07. The minimum atomic E-state index is -0.202. The summed E-state index contributed by atoms with van der Waals surface area (Å²) in [5, 5.41) is 0. The van der Waals surface area contributed by atoms with Crippen molar-refractivity contribution in [3.05, 3.63) is 70.5 Å². The van der Waals surface area contributed by atoms with Crippen LogP contribution >= 0.6 is 0 Å². The van der Waals surface area contributed by atoms with E-state index in [2.05, 4.69) is 25.1 Å². The third-order valence-electron chi connectivity index (χ3n) is 3.62. The lowest BCUT2D eigenvalue weighted by Gasteiger charge is -2.15. The van der Waals surface area contributed by atoms with Crippen LogP contribution in [0, 0.1) is 19.7 Å². The van der Waals surface area contributed by atoms with Gasteiger partial charge in [-0.25, -0.2) is 4.39 Å². The van der Waals surface area contributed by atoms with E-state index in [-0.39, 0.29) is 11.9 Å². The van der Waals surface area contributed by atoms with Crippen molar-refractivity contribution in [2.75, 3.05) is 0 Å². The summed E-state index contributed by atoms with van der Waals surface area (Å²) in [6.45, 7) is 4.02. The van der Waals surface area contributed by atoms with Crippen LogP contribution in [0.3, 0.4) is 0 Å². The highest BCUT2D eigenvalue weighted by Gasteiger charge is 2.10. The Morgan fingerprint density at radius 3 is 2.47 bits per heavy atom. The molecule has 19 heavy (non-hydrogen) atoms. The largest absolute Gasteiger partial charge is 0.324 e. The van der Waals surface area contributed by atoms with Crippen LogP contribution < -0.4 is 5.73 Å². The van der Waals surface area contributed by atoms with Gasteiger partial charge >= 0.3 is 0 Å². The Labute approximate surface area is 114 Å². The maximum absolute atomic E-state index is 13.1. The molecule has 0 radical (unpaired) electrons. The van der Waals surface area contributed by atoms with Crippen LogP contribution in [0.4, 0.5) is 4.39 Å². The van der Waals surface area contributed by atoms with Gasteiger partial charge < -0.3 is 5.73 Å². The summed E-state index contributed by atoms with van der Waals surface area (Å²) in [6.07, 6.45) is 1.82. The summed E-state index contributed by atoms with van der Waals surface area (Å²) in [4.78, 5) is 0. The summed E-state index contributed by atoms with van der Waals surface area (Å²) >= 11 is 0. The van der Waals surface area contributed by atoms with Gasteiger partial charge in [-0.3, -0.25) is 0 Å². The first-order chi connectivity index (χ1) is 9.08. The van der Waals surface area contributed by atoms with Gasteiger partial charge in [-0.15, -0.1) is 0 Å². The number of halogens is 1. The smallest absolute Gasteiger partial charge is 0.123 e. The van der Waals surface area contributed by atoms with Crippen molar-refractivity contribution in [2.24, 2.45) is 5.73 Å². The molecule has 1 unspecified atom stereocenters. The van der Waals surface area contributed by atoms with E-state index in [1.807, 2.05) is 13.0 Å². The van der Waals surface area contributed by atoms with Gasteiger partial charge in [-0.1, -0.05) is 30.3 Å². The molecule has 2 heteroatoms. The van der Waals surface area contributed by atoms with Crippen molar-refractivity contribution < 1.29 is 4.39 Å². The van der Waals surface area contributed by atoms with Crippen molar-refractivity contribution in [1.82, 2.24) is 0 Å². The molecule has 0 spiro atoms. The number of nitrogens with two attached hydrogens (primary N) is 1. The number of benzene rings is 2. The topological polar surface area (TPSA) is 26.0 Å². The number of rotatable bonds is 4. The third-order valence-corrected chi connectivity index (χ3v) is 3.62. The number of aryl methyl sites for hydroxylation is 3. The maximum Gasteiger partial charge on any atom is 0.123 e. The first-order valence-electron chi connectivity index (χ1n) is 6.64. The Morgan fingerprint density at radius 1 is 1.05 bits per heavy atom. The summed E-state index contributed by atoms with van der Waals surface area (Å²) in [6, 6.07) is 13.1. The van der Waals surface area contributed by atoms with Gasteiger partial charge in [0, 0.05) is 6.04 Å². The molecule has 100 valence electrons. The fourth-order valence-electron chi connectivity index (χ4n) is 2.41. The Balaban J connectivity index is 2.05. The van der Waals surface area contributed by atoms with Gasteiger partial charge in [0.2, 0.25) is 0 Å². The maximum atomic E-state index is 13.1. The molecule has 2 aromatic carbocycles. The van der Waals surface area contributed by atoms with Crippen LogP contribution in [0.1, 0.15) is 34.7 Å². The molecular weight excluding hydrogens is 237 g/mol. The molecule has 0 aliphatic rings. The quantitative estimate of drug-likeness (QED) is 0.877. The molecule has 0 amide bonds. The first kappa shape index (κ1) is 13.8. The highest BCUT2D eigenvalue weighted by atomic mass is 19.1. The summed E-state index contributed by atoms with van der Waals surface area (Å²) in [7, 11) is 0. The lowest BCUT2D eigenvalue weighted by Crippen LogP contribution is -2.13. The molecule has 0 aliphatic carbocycles. The molecule has 2 N–H and O–H groups in total. The fourth-order valence-corrected chi connectivity index (χ4v) is 2.41. The van der Waals surface area contributed by atoms with Crippen molar-refractivity contribution in [3.63, 3.8) is 0 Å². The van der Waals surface area contributed by atoms with Crippen LogP contribution in [0.5, 0.6) is 0 Å². The normalized spacial score (nSPS) is 12.4. The monoisotopic (exact) mass is 257 g/mol. The summed E-state index contributed by atoms with van der Waals surface area (Å²) in [5.74, 6) is -0.202.